The van der Waals surface area contributed by atoms with Gasteiger partial charge in [0.2, 0.25) is 5.91 Å². The van der Waals surface area contributed by atoms with Crippen LogP contribution in [-0.2, 0) is 17.6 Å². The van der Waals surface area contributed by atoms with Crippen molar-refractivity contribution in [1.29, 1.82) is 0 Å². The lowest BCUT2D eigenvalue weighted by atomic mass is 10.00. The van der Waals surface area contributed by atoms with Crippen molar-refractivity contribution >= 4 is 21.8 Å². The van der Waals surface area contributed by atoms with Gasteiger partial charge in [0.25, 0.3) is 0 Å². The fourth-order valence-electron chi connectivity index (χ4n) is 2.40. The van der Waals surface area contributed by atoms with Crippen LogP contribution in [0, 0.1) is 5.92 Å². The summed E-state index contributed by atoms with van der Waals surface area (Å²) in [7, 11) is 1.91. The Bertz CT molecular complexity index is 431. The average Bonchev–Trinajstić information content (AvgIpc) is 2.80. The van der Waals surface area contributed by atoms with E-state index in [1.165, 1.54) is 11.1 Å². The molecule has 2 nitrogen and oxygen atoms in total. The molecule has 0 N–H and O–H groups in total. The SMILES string of the molecule is CN(C(=O)C1Cc2ccccc2C1)C(C)(C)CBr. The van der Waals surface area contributed by atoms with Gasteiger partial charge in [0.05, 0.1) is 0 Å². The quantitative estimate of drug-likeness (QED) is 0.786. The highest BCUT2D eigenvalue weighted by molar-refractivity contribution is 9.09. The molecule has 0 saturated carbocycles. The highest BCUT2D eigenvalue weighted by Gasteiger charge is 2.34. The first-order valence-electron chi connectivity index (χ1n) is 6.36. The molecule has 0 bridgehead atoms. The van der Waals surface area contributed by atoms with Crippen LogP contribution in [0.2, 0.25) is 0 Å². The maximum absolute atomic E-state index is 12.5. The van der Waals surface area contributed by atoms with E-state index in [0.717, 1.165) is 18.2 Å². The highest BCUT2D eigenvalue weighted by atomic mass is 79.9. The Morgan fingerprint density at radius 2 is 1.83 bits per heavy atom. The maximum Gasteiger partial charge on any atom is 0.226 e. The first-order valence-corrected chi connectivity index (χ1v) is 7.48. The van der Waals surface area contributed by atoms with E-state index in [2.05, 4.69) is 54.0 Å². The number of hydrogen-bond donors (Lipinski definition) is 0. The molecule has 0 fully saturated rings. The predicted molar refractivity (Wildman–Crippen MR) is 78.0 cm³/mol. The van der Waals surface area contributed by atoms with Crippen molar-refractivity contribution < 1.29 is 4.79 Å². The third-order valence-corrected chi connectivity index (χ3v) is 5.34. The van der Waals surface area contributed by atoms with Crippen molar-refractivity contribution in [2.45, 2.75) is 32.2 Å². The molecule has 0 saturated heterocycles. The van der Waals surface area contributed by atoms with E-state index in [0.29, 0.717) is 0 Å². The number of carbonyl (C=O) groups excluding carboxylic acids is 1. The fourth-order valence-corrected chi connectivity index (χ4v) is 2.77. The van der Waals surface area contributed by atoms with Gasteiger partial charge in [-0.25, -0.2) is 0 Å². The molecule has 0 atom stereocenters. The third-order valence-electron chi connectivity index (χ3n) is 3.97. The third kappa shape index (κ3) is 2.46. The number of nitrogens with zero attached hydrogens (tertiary/aromatic N) is 1. The summed E-state index contributed by atoms with van der Waals surface area (Å²) in [6.45, 7) is 4.17. The number of amides is 1. The molecule has 0 unspecified atom stereocenters. The molecule has 1 aromatic rings. The number of alkyl halides is 1. The van der Waals surface area contributed by atoms with Gasteiger partial charge in [-0.05, 0) is 37.8 Å². The lowest BCUT2D eigenvalue weighted by Gasteiger charge is -2.35. The molecule has 18 heavy (non-hydrogen) atoms. The average molecular weight is 310 g/mol. The molecular formula is C15H20BrNO. The van der Waals surface area contributed by atoms with Gasteiger partial charge in [-0.3, -0.25) is 4.79 Å². The summed E-state index contributed by atoms with van der Waals surface area (Å²) in [4.78, 5) is 14.4. The number of rotatable bonds is 3. The van der Waals surface area contributed by atoms with Crippen molar-refractivity contribution in [2.24, 2.45) is 5.92 Å². The summed E-state index contributed by atoms with van der Waals surface area (Å²) in [6, 6.07) is 8.38. The van der Waals surface area contributed by atoms with Crippen molar-refractivity contribution in [1.82, 2.24) is 4.90 Å². The minimum atomic E-state index is -0.133. The van der Waals surface area contributed by atoms with Crippen LogP contribution < -0.4 is 0 Å². The lowest BCUT2D eigenvalue weighted by molar-refractivity contribution is -0.138. The minimum Gasteiger partial charge on any atom is -0.340 e. The van der Waals surface area contributed by atoms with Gasteiger partial charge in [0.1, 0.15) is 0 Å². The summed E-state index contributed by atoms with van der Waals surface area (Å²) >= 11 is 3.48. The van der Waals surface area contributed by atoms with E-state index < -0.39 is 0 Å². The normalized spacial score (nSPS) is 15.6. The topological polar surface area (TPSA) is 20.3 Å². The second-order valence-electron chi connectivity index (χ2n) is 5.72. The van der Waals surface area contributed by atoms with Crippen molar-refractivity contribution in [3.8, 4) is 0 Å². The van der Waals surface area contributed by atoms with Crippen molar-refractivity contribution in [3.63, 3.8) is 0 Å². The number of carbonyl (C=O) groups is 1. The van der Waals surface area contributed by atoms with Crippen LogP contribution in [0.15, 0.2) is 24.3 Å². The first kappa shape index (κ1) is 13.6. The molecule has 0 aromatic heterocycles. The summed E-state index contributed by atoms with van der Waals surface area (Å²) in [5, 5.41) is 0.794. The van der Waals surface area contributed by atoms with E-state index in [4.69, 9.17) is 0 Å². The van der Waals surface area contributed by atoms with Crippen molar-refractivity contribution in [3.05, 3.63) is 35.4 Å². The summed E-state index contributed by atoms with van der Waals surface area (Å²) < 4.78 is 0. The number of fused-ring (bicyclic) bond motifs is 1. The largest absolute Gasteiger partial charge is 0.340 e. The summed E-state index contributed by atoms with van der Waals surface area (Å²) in [5.41, 5.74) is 2.54. The maximum atomic E-state index is 12.5. The van der Waals surface area contributed by atoms with Gasteiger partial charge >= 0.3 is 0 Å². The van der Waals surface area contributed by atoms with E-state index in [9.17, 15) is 4.79 Å². The zero-order chi connectivity index (χ0) is 13.3. The van der Waals surface area contributed by atoms with Crippen LogP contribution >= 0.6 is 15.9 Å². The molecule has 0 heterocycles. The molecule has 1 amide bonds. The van der Waals surface area contributed by atoms with Crippen LogP contribution in [0.25, 0.3) is 0 Å². The standard InChI is InChI=1S/C15H20BrNO/c1-15(2,10-16)17(3)14(18)13-8-11-6-4-5-7-12(11)9-13/h4-7,13H,8-10H2,1-3H3. The van der Waals surface area contributed by atoms with Crippen LogP contribution in [0.4, 0.5) is 0 Å². The predicted octanol–water partition coefficient (Wildman–Crippen LogP) is 3.03. The monoisotopic (exact) mass is 309 g/mol. The fraction of sp³-hybridized carbons (Fsp3) is 0.533. The van der Waals surface area contributed by atoms with Crippen LogP contribution in [-0.4, -0.2) is 28.7 Å². The summed E-state index contributed by atoms with van der Waals surface area (Å²) in [6.07, 6.45) is 1.77. The minimum absolute atomic E-state index is 0.116. The van der Waals surface area contributed by atoms with E-state index in [-0.39, 0.29) is 17.4 Å². The smallest absolute Gasteiger partial charge is 0.226 e. The Morgan fingerprint density at radius 3 is 2.28 bits per heavy atom. The number of halogens is 1. The molecule has 2 rings (SSSR count). The van der Waals surface area contributed by atoms with Crippen LogP contribution in [0.5, 0.6) is 0 Å². The Hall–Kier alpha value is -0.830. The van der Waals surface area contributed by atoms with E-state index >= 15 is 0 Å². The van der Waals surface area contributed by atoms with Gasteiger partial charge in [0.15, 0.2) is 0 Å². The van der Waals surface area contributed by atoms with E-state index in [1.807, 2.05) is 11.9 Å². The van der Waals surface area contributed by atoms with E-state index in [1.54, 1.807) is 0 Å². The van der Waals surface area contributed by atoms with Gasteiger partial charge in [-0.15, -0.1) is 0 Å². The molecule has 0 aliphatic heterocycles. The Morgan fingerprint density at radius 1 is 1.33 bits per heavy atom. The van der Waals surface area contributed by atoms with Gasteiger partial charge < -0.3 is 4.90 Å². The van der Waals surface area contributed by atoms with Crippen LogP contribution in [0.1, 0.15) is 25.0 Å². The van der Waals surface area contributed by atoms with Gasteiger partial charge in [0, 0.05) is 23.8 Å². The molecule has 0 radical (unpaired) electrons. The number of benzene rings is 1. The Labute approximate surface area is 117 Å². The first-order chi connectivity index (χ1) is 8.45. The zero-order valence-electron chi connectivity index (χ0n) is 11.2. The lowest BCUT2D eigenvalue weighted by Crippen LogP contribution is -2.48. The molecule has 0 spiro atoms. The molecule has 98 valence electrons. The van der Waals surface area contributed by atoms with Crippen LogP contribution in [0.3, 0.4) is 0 Å². The Kier molecular flexibility index (Phi) is 3.81. The Balaban J connectivity index is 2.10. The second kappa shape index (κ2) is 5.04. The molecule has 1 aromatic carbocycles. The molecule has 1 aliphatic rings. The number of hydrogen-bond acceptors (Lipinski definition) is 1. The van der Waals surface area contributed by atoms with Gasteiger partial charge in [-0.2, -0.15) is 0 Å². The zero-order valence-corrected chi connectivity index (χ0v) is 12.8. The summed E-state index contributed by atoms with van der Waals surface area (Å²) in [5.74, 6) is 0.376. The molecule has 3 heteroatoms. The second-order valence-corrected chi connectivity index (χ2v) is 6.28. The molecule has 1 aliphatic carbocycles. The highest BCUT2D eigenvalue weighted by Crippen LogP contribution is 2.29. The molecular weight excluding hydrogens is 290 g/mol. The van der Waals surface area contributed by atoms with Gasteiger partial charge in [-0.1, -0.05) is 40.2 Å². The van der Waals surface area contributed by atoms with Crippen molar-refractivity contribution in [2.75, 3.05) is 12.4 Å².